The first-order valence-corrected chi connectivity index (χ1v) is 9.01. The lowest BCUT2D eigenvalue weighted by atomic mass is 9.92. The molecular formula is C20H22F3N5O. The maximum absolute atomic E-state index is 12.7. The number of nitrogens with zero attached hydrogens (tertiary/aromatic N) is 4. The molecule has 1 amide bonds. The van der Waals surface area contributed by atoms with Gasteiger partial charge in [-0.15, -0.1) is 0 Å². The quantitative estimate of drug-likeness (QED) is 0.703. The Labute approximate surface area is 166 Å². The molecule has 9 heteroatoms. The second-order valence-corrected chi connectivity index (χ2v) is 7.86. The summed E-state index contributed by atoms with van der Waals surface area (Å²) in [6, 6.07) is 10.2. The van der Waals surface area contributed by atoms with Crippen LogP contribution in [0.25, 0.3) is 5.69 Å². The average Bonchev–Trinajstić information content (AvgIpc) is 3.21. The zero-order valence-corrected chi connectivity index (χ0v) is 16.6. The predicted molar refractivity (Wildman–Crippen MR) is 103 cm³/mol. The predicted octanol–water partition coefficient (Wildman–Crippen LogP) is 4.33. The SMILES string of the molecule is Cc1cccc(-n2nc(C(C)(C)C)cc2NC(=O)Cn2ccc(C(F)(F)F)n2)c1. The van der Waals surface area contributed by atoms with Gasteiger partial charge in [0, 0.05) is 17.7 Å². The van der Waals surface area contributed by atoms with E-state index < -0.39 is 17.8 Å². The molecule has 154 valence electrons. The van der Waals surface area contributed by atoms with Gasteiger partial charge in [0.1, 0.15) is 12.4 Å². The van der Waals surface area contributed by atoms with Crippen LogP contribution in [0.3, 0.4) is 0 Å². The molecule has 3 aromatic rings. The van der Waals surface area contributed by atoms with Crippen molar-refractivity contribution in [3.63, 3.8) is 0 Å². The fourth-order valence-corrected chi connectivity index (χ4v) is 2.72. The van der Waals surface area contributed by atoms with Crippen molar-refractivity contribution in [2.24, 2.45) is 0 Å². The van der Waals surface area contributed by atoms with E-state index in [-0.39, 0.29) is 12.0 Å². The summed E-state index contributed by atoms with van der Waals surface area (Å²) in [5.41, 5.74) is 1.29. The maximum atomic E-state index is 12.7. The number of aromatic nitrogens is 4. The van der Waals surface area contributed by atoms with Gasteiger partial charge in [-0.2, -0.15) is 23.4 Å². The molecule has 1 aromatic carbocycles. The van der Waals surface area contributed by atoms with Crippen LogP contribution in [0.15, 0.2) is 42.6 Å². The molecule has 0 aliphatic heterocycles. The number of nitrogens with one attached hydrogen (secondary N) is 1. The number of hydrogen-bond donors (Lipinski definition) is 1. The Balaban J connectivity index is 1.86. The lowest BCUT2D eigenvalue weighted by molar-refractivity contribution is -0.141. The Kier molecular flexibility index (Phi) is 5.25. The number of carbonyl (C=O) groups is 1. The molecule has 0 unspecified atom stereocenters. The minimum absolute atomic E-state index is 0.252. The third-order valence-corrected chi connectivity index (χ3v) is 4.23. The highest BCUT2D eigenvalue weighted by molar-refractivity contribution is 5.90. The number of benzene rings is 1. The van der Waals surface area contributed by atoms with Crippen LogP contribution in [0.1, 0.15) is 37.7 Å². The van der Waals surface area contributed by atoms with Crippen LogP contribution in [0.4, 0.5) is 19.0 Å². The summed E-state index contributed by atoms with van der Waals surface area (Å²) < 4.78 is 40.6. The van der Waals surface area contributed by atoms with E-state index in [0.29, 0.717) is 5.82 Å². The number of rotatable bonds is 4. The van der Waals surface area contributed by atoms with E-state index in [2.05, 4.69) is 15.5 Å². The number of anilines is 1. The third kappa shape index (κ3) is 4.85. The van der Waals surface area contributed by atoms with Crippen LogP contribution < -0.4 is 5.32 Å². The van der Waals surface area contributed by atoms with Crippen molar-refractivity contribution in [1.29, 1.82) is 0 Å². The fourth-order valence-electron chi connectivity index (χ4n) is 2.72. The van der Waals surface area contributed by atoms with Crippen molar-refractivity contribution in [1.82, 2.24) is 19.6 Å². The number of halogens is 3. The van der Waals surface area contributed by atoms with E-state index in [9.17, 15) is 18.0 Å². The average molecular weight is 405 g/mol. The highest BCUT2D eigenvalue weighted by atomic mass is 19.4. The molecule has 29 heavy (non-hydrogen) atoms. The molecule has 2 aromatic heterocycles. The van der Waals surface area contributed by atoms with Crippen LogP contribution in [0.5, 0.6) is 0 Å². The number of amides is 1. The minimum Gasteiger partial charge on any atom is -0.309 e. The van der Waals surface area contributed by atoms with Gasteiger partial charge >= 0.3 is 6.18 Å². The topological polar surface area (TPSA) is 64.7 Å². The number of carbonyl (C=O) groups excluding carboxylic acids is 1. The van der Waals surface area contributed by atoms with Crippen LogP contribution >= 0.6 is 0 Å². The smallest absolute Gasteiger partial charge is 0.309 e. The first-order chi connectivity index (χ1) is 13.4. The lowest BCUT2D eigenvalue weighted by Gasteiger charge is -2.14. The summed E-state index contributed by atoms with van der Waals surface area (Å²) in [6.07, 6.45) is -3.42. The van der Waals surface area contributed by atoms with Crippen molar-refractivity contribution < 1.29 is 18.0 Å². The number of hydrogen-bond acceptors (Lipinski definition) is 3. The number of alkyl halides is 3. The van der Waals surface area contributed by atoms with E-state index in [1.165, 1.54) is 0 Å². The molecule has 0 atom stereocenters. The second-order valence-electron chi connectivity index (χ2n) is 7.86. The first kappa shape index (κ1) is 20.6. The maximum Gasteiger partial charge on any atom is 0.435 e. The van der Waals surface area contributed by atoms with Gasteiger partial charge in [-0.3, -0.25) is 9.48 Å². The molecule has 0 saturated heterocycles. The summed E-state index contributed by atoms with van der Waals surface area (Å²) in [6.45, 7) is 7.61. The zero-order valence-electron chi connectivity index (χ0n) is 16.6. The molecule has 0 aliphatic rings. The lowest BCUT2D eigenvalue weighted by Crippen LogP contribution is -2.21. The monoisotopic (exact) mass is 405 g/mol. The molecule has 3 rings (SSSR count). The van der Waals surface area contributed by atoms with Crippen LogP contribution in [0, 0.1) is 6.92 Å². The molecule has 0 fully saturated rings. The van der Waals surface area contributed by atoms with E-state index in [4.69, 9.17) is 0 Å². The third-order valence-electron chi connectivity index (χ3n) is 4.23. The van der Waals surface area contributed by atoms with Crippen molar-refractivity contribution >= 4 is 11.7 Å². The second kappa shape index (κ2) is 7.38. The van der Waals surface area contributed by atoms with Crippen molar-refractivity contribution in [2.45, 2.75) is 45.8 Å². The summed E-state index contributed by atoms with van der Waals surface area (Å²) in [7, 11) is 0. The van der Waals surface area contributed by atoms with Crippen LogP contribution in [0.2, 0.25) is 0 Å². The Morgan fingerprint density at radius 3 is 2.38 bits per heavy atom. The van der Waals surface area contributed by atoms with Crippen molar-refractivity contribution in [3.05, 3.63) is 59.5 Å². The summed E-state index contributed by atoms with van der Waals surface area (Å²) in [5.74, 6) is -0.0650. The van der Waals surface area contributed by atoms with Crippen LogP contribution in [-0.2, 0) is 22.9 Å². The minimum atomic E-state index is -4.55. The molecule has 0 radical (unpaired) electrons. The summed E-state index contributed by atoms with van der Waals surface area (Å²) in [4.78, 5) is 12.5. The van der Waals surface area contributed by atoms with E-state index >= 15 is 0 Å². The molecular weight excluding hydrogens is 383 g/mol. The molecule has 0 aliphatic carbocycles. The Bertz CT molecular complexity index is 1030. The van der Waals surface area contributed by atoms with Gasteiger partial charge in [-0.05, 0) is 30.7 Å². The Hall–Kier alpha value is -3.10. The van der Waals surface area contributed by atoms with Gasteiger partial charge in [0.15, 0.2) is 5.69 Å². The van der Waals surface area contributed by atoms with Gasteiger partial charge in [-0.25, -0.2) is 4.68 Å². The highest BCUT2D eigenvalue weighted by Gasteiger charge is 2.33. The van der Waals surface area contributed by atoms with Gasteiger partial charge in [-0.1, -0.05) is 32.9 Å². The Morgan fingerprint density at radius 2 is 1.79 bits per heavy atom. The van der Waals surface area contributed by atoms with Crippen LogP contribution in [-0.4, -0.2) is 25.5 Å². The molecule has 0 bridgehead atoms. The van der Waals surface area contributed by atoms with E-state index in [0.717, 1.165) is 33.9 Å². The van der Waals surface area contributed by atoms with E-state index in [1.54, 1.807) is 10.7 Å². The molecule has 1 N–H and O–H groups in total. The largest absolute Gasteiger partial charge is 0.435 e. The number of aryl methyl sites for hydroxylation is 1. The Morgan fingerprint density at radius 1 is 1.07 bits per heavy atom. The standard InChI is InChI=1S/C20H22F3N5O/c1-13-6-5-7-14(10-13)28-17(11-16(26-28)19(2,3)4)24-18(29)12-27-9-8-15(25-27)20(21,22)23/h5-11H,12H2,1-4H3,(H,24,29). The zero-order chi connectivity index (χ0) is 21.4. The van der Waals surface area contributed by atoms with Gasteiger partial charge in [0.05, 0.1) is 11.4 Å². The van der Waals surface area contributed by atoms with Gasteiger partial charge in [0.2, 0.25) is 5.91 Å². The highest BCUT2D eigenvalue weighted by Crippen LogP contribution is 2.28. The van der Waals surface area contributed by atoms with Crippen molar-refractivity contribution in [2.75, 3.05) is 5.32 Å². The summed E-state index contributed by atoms with van der Waals surface area (Å²) in [5, 5.41) is 10.8. The van der Waals surface area contributed by atoms with Gasteiger partial charge < -0.3 is 5.32 Å². The van der Waals surface area contributed by atoms with Crippen molar-refractivity contribution in [3.8, 4) is 5.69 Å². The molecule has 0 saturated carbocycles. The first-order valence-electron chi connectivity index (χ1n) is 9.01. The summed E-state index contributed by atoms with van der Waals surface area (Å²) >= 11 is 0. The molecule has 0 spiro atoms. The van der Waals surface area contributed by atoms with E-state index in [1.807, 2.05) is 52.0 Å². The van der Waals surface area contributed by atoms with Gasteiger partial charge in [0.25, 0.3) is 0 Å². The normalized spacial score (nSPS) is 12.2. The molecule has 6 nitrogen and oxygen atoms in total. The fraction of sp³-hybridized carbons (Fsp3) is 0.350. The molecule has 2 heterocycles.